The van der Waals surface area contributed by atoms with Crippen molar-refractivity contribution in [3.05, 3.63) is 0 Å². The fourth-order valence-electron chi connectivity index (χ4n) is 3.76. The maximum atomic E-state index is 9.05. The Bertz CT molecular complexity index is 197. The first-order valence-corrected chi connectivity index (χ1v) is 7.11. The average molecular weight is 225 g/mol. The molecule has 2 rings (SSSR count). The molecule has 94 valence electrons. The van der Waals surface area contributed by atoms with Crippen LogP contribution < -0.4 is 0 Å². The summed E-state index contributed by atoms with van der Waals surface area (Å²) in [7, 11) is 0. The van der Waals surface area contributed by atoms with Crippen LogP contribution in [0.5, 0.6) is 0 Å². The molecule has 1 saturated heterocycles. The minimum atomic E-state index is 0.365. The number of hydrogen-bond acceptors (Lipinski definition) is 2. The van der Waals surface area contributed by atoms with Crippen molar-refractivity contribution in [2.24, 2.45) is 11.3 Å². The summed E-state index contributed by atoms with van der Waals surface area (Å²) < 4.78 is 0. The highest BCUT2D eigenvalue weighted by Crippen LogP contribution is 2.45. The van der Waals surface area contributed by atoms with Gasteiger partial charge in [0.1, 0.15) is 0 Å². The van der Waals surface area contributed by atoms with Crippen LogP contribution in [0, 0.1) is 11.3 Å². The quantitative estimate of drug-likeness (QED) is 0.751. The van der Waals surface area contributed by atoms with Crippen LogP contribution in [0.2, 0.25) is 0 Å². The van der Waals surface area contributed by atoms with E-state index in [2.05, 4.69) is 11.8 Å². The Kier molecular flexibility index (Phi) is 4.26. The molecule has 0 aromatic rings. The minimum Gasteiger partial charge on any atom is -0.396 e. The molecular formula is C14H27NO. The predicted molar refractivity (Wildman–Crippen MR) is 67.4 cm³/mol. The summed E-state index contributed by atoms with van der Waals surface area (Å²) >= 11 is 0. The molecule has 1 heterocycles. The van der Waals surface area contributed by atoms with Gasteiger partial charge in [0.2, 0.25) is 0 Å². The molecule has 2 aliphatic rings. The van der Waals surface area contributed by atoms with E-state index in [1.54, 1.807) is 0 Å². The number of aliphatic hydroxyl groups is 1. The van der Waals surface area contributed by atoms with Gasteiger partial charge in [0.15, 0.2) is 0 Å². The molecule has 0 amide bonds. The molecule has 0 bridgehead atoms. The molecule has 1 saturated carbocycles. The number of nitrogens with zero attached hydrogens (tertiary/aromatic N) is 1. The van der Waals surface area contributed by atoms with Crippen LogP contribution in [0.15, 0.2) is 0 Å². The largest absolute Gasteiger partial charge is 0.396 e. The maximum absolute atomic E-state index is 9.05. The third-order valence-electron chi connectivity index (χ3n) is 4.53. The van der Waals surface area contributed by atoms with Gasteiger partial charge in [-0.1, -0.05) is 26.2 Å². The van der Waals surface area contributed by atoms with Crippen LogP contribution in [0.4, 0.5) is 0 Å². The molecule has 2 nitrogen and oxygen atoms in total. The van der Waals surface area contributed by atoms with Gasteiger partial charge in [-0.2, -0.15) is 0 Å². The molecule has 1 unspecified atom stereocenters. The van der Waals surface area contributed by atoms with Crippen molar-refractivity contribution in [1.82, 2.24) is 4.90 Å². The summed E-state index contributed by atoms with van der Waals surface area (Å²) in [6, 6.07) is 0. The number of hydrogen-bond donors (Lipinski definition) is 1. The van der Waals surface area contributed by atoms with Gasteiger partial charge < -0.3 is 10.0 Å². The van der Waals surface area contributed by atoms with Crippen molar-refractivity contribution in [3.8, 4) is 0 Å². The molecular weight excluding hydrogens is 198 g/mol. The lowest BCUT2D eigenvalue weighted by Crippen LogP contribution is -2.56. The predicted octanol–water partition coefficient (Wildman–Crippen LogP) is 2.66. The van der Waals surface area contributed by atoms with E-state index < -0.39 is 0 Å². The van der Waals surface area contributed by atoms with Crippen LogP contribution in [0.3, 0.4) is 0 Å². The summed E-state index contributed by atoms with van der Waals surface area (Å²) in [5.41, 5.74) is 0.732. The second kappa shape index (κ2) is 5.50. The molecule has 16 heavy (non-hydrogen) atoms. The van der Waals surface area contributed by atoms with Crippen molar-refractivity contribution >= 4 is 0 Å². The Hall–Kier alpha value is -0.0800. The summed E-state index contributed by atoms with van der Waals surface area (Å²) in [6.07, 6.45) is 9.40. The third-order valence-corrected chi connectivity index (χ3v) is 4.53. The minimum absolute atomic E-state index is 0.365. The van der Waals surface area contributed by atoms with Gasteiger partial charge in [0, 0.05) is 26.2 Å². The lowest BCUT2D eigenvalue weighted by molar-refractivity contribution is -0.00809. The smallest absolute Gasteiger partial charge is 0.0434 e. The van der Waals surface area contributed by atoms with Crippen LogP contribution in [0.25, 0.3) is 0 Å². The van der Waals surface area contributed by atoms with Gasteiger partial charge in [-0.25, -0.2) is 0 Å². The monoisotopic (exact) mass is 225 g/mol. The van der Waals surface area contributed by atoms with Crippen LogP contribution in [-0.4, -0.2) is 36.2 Å². The van der Waals surface area contributed by atoms with E-state index in [1.807, 2.05) is 0 Å². The molecule has 0 radical (unpaired) electrons. The van der Waals surface area contributed by atoms with Crippen molar-refractivity contribution in [2.75, 3.05) is 26.2 Å². The molecule has 1 spiro atoms. The molecule has 2 fully saturated rings. The second-order valence-corrected chi connectivity index (χ2v) is 6.04. The molecule has 0 aromatic carbocycles. The maximum Gasteiger partial charge on any atom is 0.0434 e. The topological polar surface area (TPSA) is 23.5 Å². The number of rotatable bonds is 6. The molecule has 1 N–H and O–H groups in total. The van der Waals surface area contributed by atoms with E-state index in [0.29, 0.717) is 6.61 Å². The van der Waals surface area contributed by atoms with Crippen molar-refractivity contribution in [2.45, 2.75) is 51.9 Å². The molecule has 1 aliphatic heterocycles. The molecule has 1 aliphatic carbocycles. The van der Waals surface area contributed by atoms with Crippen molar-refractivity contribution in [3.63, 3.8) is 0 Å². The van der Waals surface area contributed by atoms with Gasteiger partial charge in [0.05, 0.1) is 0 Å². The number of likely N-dealkylation sites (tertiary alicyclic amines) is 1. The first-order chi connectivity index (χ1) is 7.78. The first kappa shape index (κ1) is 12.4. The van der Waals surface area contributed by atoms with Crippen LogP contribution >= 0.6 is 0 Å². The molecule has 2 heteroatoms. The zero-order valence-corrected chi connectivity index (χ0v) is 10.7. The fourth-order valence-corrected chi connectivity index (χ4v) is 3.76. The average Bonchev–Trinajstić information content (AvgIpc) is 2.67. The molecule has 1 atom stereocenters. The zero-order chi connectivity index (χ0) is 11.4. The first-order valence-electron chi connectivity index (χ1n) is 7.11. The van der Waals surface area contributed by atoms with E-state index in [4.69, 9.17) is 5.11 Å². The van der Waals surface area contributed by atoms with Gasteiger partial charge in [0.25, 0.3) is 0 Å². The Morgan fingerprint density at radius 3 is 2.44 bits per heavy atom. The Labute approximate surface area is 100 Å². The highest BCUT2D eigenvalue weighted by Gasteiger charge is 2.44. The van der Waals surface area contributed by atoms with Crippen LogP contribution in [-0.2, 0) is 0 Å². The third kappa shape index (κ3) is 2.78. The van der Waals surface area contributed by atoms with Crippen molar-refractivity contribution < 1.29 is 5.11 Å². The second-order valence-electron chi connectivity index (χ2n) is 6.04. The summed E-state index contributed by atoms with van der Waals surface area (Å²) in [5, 5.41) is 9.05. The summed E-state index contributed by atoms with van der Waals surface area (Å²) in [5.74, 6) is 0.730. The zero-order valence-electron chi connectivity index (χ0n) is 10.7. The summed E-state index contributed by atoms with van der Waals surface area (Å²) in [6.45, 7) is 6.54. The van der Waals surface area contributed by atoms with E-state index >= 15 is 0 Å². The molecule has 0 aromatic heterocycles. The SMILES string of the molecule is CCCC(CCO)CN1CC2(CCCC2)C1. The standard InChI is InChI=1S/C14H27NO/c1-2-5-13(6-9-16)10-15-11-14(12-15)7-3-4-8-14/h13,16H,2-12H2,1H3. The van der Waals surface area contributed by atoms with Gasteiger partial charge >= 0.3 is 0 Å². The Morgan fingerprint density at radius 2 is 1.88 bits per heavy atom. The van der Waals surface area contributed by atoms with Crippen molar-refractivity contribution in [1.29, 1.82) is 0 Å². The normalized spacial score (nSPS) is 25.9. The van der Waals surface area contributed by atoms with Gasteiger partial charge in [-0.3, -0.25) is 0 Å². The Balaban J connectivity index is 1.70. The lowest BCUT2D eigenvalue weighted by atomic mass is 9.77. The lowest BCUT2D eigenvalue weighted by Gasteiger charge is -2.49. The Morgan fingerprint density at radius 1 is 1.19 bits per heavy atom. The van der Waals surface area contributed by atoms with E-state index in [0.717, 1.165) is 17.8 Å². The highest BCUT2D eigenvalue weighted by molar-refractivity contribution is 4.98. The fraction of sp³-hybridized carbons (Fsp3) is 1.00. The van der Waals surface area contributed by atoms with E-state index in [9.17, 15) is 0 Å². The highest BCUT2D eigenvalue weighted by atomic mass is 16.3. The van der Waals surface area contributed by atoms with Gasteiger partial charge in [-0.05, 0) is 37.0 Å². The van der Waals surface area contributed by atoms with E-state index in [-0.39, 0.29) is 0 Å². The van der Waals surface area contributed by atoms with E-state index in [1.165, 1.54) is 58.2 Å². The number of aliphatic hydroxyl groups excluding tert-OH is 1. The van der Waals surface area contributed by atoms with Gasteiger partial charge in [-0.15, -0.1) is 0 Å². The summed E-state index contributed by atoms with van der Waals surface area (Å²) in [4.78, 5) is 2.63. The van der Waals surface area contributed by atoms with Crippen LogP contribution in [0.1, 0.15) is 51.9 Å².